The molecule has 0 spiro atoms. The molecule has 2 atom stereocenters. The lowest BCUT2D eigenvalue weighted by Gasteiger charge is -2.32. The van der Waals surface area contributed by atoms with E-state index in [0.717, 1.165) is 30.4 Å². The number of hydrogen-bond donors (Lipinski definition) is 2. The highest BCUT2D eigenvalue weighted by Crippen LogP contribution is 2.36. The number of amides is 1. The molecule has 0 saturated carbocycles. The third-order valence-electron chi connectivity index (χ3n) is 4.60. The molecular weight excluding hydrogens is 359 g/mol. The summed E-state index contributed by atoms with van der Waals surface area (Å²) in [5, 5.41) is 1.09. The van der Waals surface area contributed by atoms with Gasteiger partial charge in [-0.15, -0.1) is 0 Å². The molecule has 0 radical (unpaired) electrons. The topological polar surface area (TPSA) is 78.3 Å². The Hall–Kier alpha value is -1.75. The van der Waals surface area contributed by atoms with Crippen LogP contribution in [0, 0.1) is 0 Å². The summed E-state index contributed by atoms with van der Waals surface area (Å²) in [7, 11) is 0. The molecule has 0 bridgehead atoms. The molecule has 4 N–H and O–H groups in total. The summed E-state index contributed by atoms with van der Waals surface area (Å²) in [4.78, 5) is 10.9. The van der Waals surface area contributed by atoms with Gasteiger partial charge >= 0.3 is 0 Å². The second-order valence-electron chi connectivity index (χ2n) is 6.38. The van der Waals surface area contributed by atoms with E-state index >= 15 is 0 Å². The maximum atomic E-state index is 10.9. The Bertz CT molecular complexity index is 795. The van der Waals surface area contributed by atoms with Gasteiger partial charge in [0, 0.05) is 12.0 Å². The van der Waals surface area contributed by atoms with Crippen LogP contribution in [0.5, 0.6) is 5.75 Å². The van der Waals surface area contributed by atoms with Crippen LogP contribution in [0.15, 0.2) is 36.4 Å². The van der Waals surface area contributed by atoms with Crippen LogP contribution in [-0.4, -0.2) is 18.6 Å². The van der Waals surface area contributed by atoms with Gasteiger partial charge in [0.15, 0.2) is 6.61 Å². The number of nitrogens with two attached hydrogens (primary N) is 2. The van der Waals surface area contributed by atoms with Gasteiger partial charge in [0.05, 0.1) is 10.0 Å². The van der Waals surface area contributed by atoms with Gasteiger partial charge in [0.2, 0.25) is 0 Å². The van der Waals surface area contributed by atoms with Crippen molar-refractivity contribution < 1.29 is 9.53 Å². The summed E-state index contributed by atoms with van der Waals surface area (Å²) in [5.41, 5.74) is 15.1. The summed E-state index contributed by atoms with van der Waals surface area (Å²) in [5.74, 6) is 0.283. The van der Waals surface area contributed by atoms with Crippen molar-refractivity contribution in [2.24, 2.45) is 11.5 Å². The number of fused-ring (bicyclic) bond motifs is 1. The lowest BCUT2D eigenvalue weighted by molar-refractivity contribution is -0.119. The van der Waals surface area contributed by atoms with Crippen LogP contribution in [0.2, 0.25) is 10.0 Å². The highest BCUT2D eigenvalue weighted by molar-refractivity contribution is 6.42. The van der Waals surface area contributed by atoms with E-state index in [1.54, 1.807) is 6.07 Å². The first-order valence-corrected chi connectivity index (χ1v) is 8.93. The van der Waals surface area contributed by atoms with E-state index in [4.69, 9.17) is 39.4 Å². The lowest BCUT2D eigenvalue weighted by Crippen LogP contribution is -2.34. The zero-order chi connectivity index (χ0) is 18.0. The molecule has 1 aliphatic rings. The predicted octanol–water partition coefficient (Wildman–Crippen LogP) is 3.46. The SMILES string of the molecule is NC(=O)COc1ccc2c(c1)C(Cc1ccc(Cl)c(Cl)c1)C(N)CC2. The molecule has 2 aromatic rings. The third-order valence-corrected chi connectivity index (χ3v) is 5.34. The largest absolute Gasteiger partial charge is 0.484 e. The normalized spacial score (nSPS) is 19.3. The van der Waals surface area contributed by atoms with E-state index < -0.39 is 5.91 Å². The van der Waals surface area contributed by atoms with Crippen molar-refractivity contribution >= 4 is 29.1 Å². The number of halogens is 2. The van der Waals surface area contributed by atoms with E-state index in [0.29, 0.717) is 15.8 Å². The fraction of sp³-hybridized carbons (Fsp3) is 0.316. The molecule has 4 nitrogen and oxygen atoms in total. The molecule has 2 unspecified atom stereocenters. The lowest BCUT2D eigenvalue weighted by atomic mass is 9.76. The Kier molecular flexibility index (Phi) is 5.52. The van der Waals surface area contributed by atoms with Crippen LogP contribution in [0.25, 0.3) is 0 Å². The van der Waals surface area contributed by atoms with Crippen LogP contribution in [0.3, 0.4) is 0 Å². The smallest absolute Gasteiger partial charge is 0.255 e. The van der Waals surface area contributed by atoms with Crippen molar-refractivity contribution in [1.29, 1.82) is 0 Å². The number of primary amides is 1. The van der Waals surface area contributed by atoms with Gasteiger partial charge in [0.1, 0.15) is 5.75 Å². The summed E-state index contributed by atoms with van der Waals surface area (Å²) < 4.78 is 5.45. The van der Waals surface area contributed by atoms with E-state index in [1.807, 2.05) is 30.3 Å². The maximum absolute atomic E-state index is 10.9. The zero-order valence-corrected chi connectivity index (χ0v) is 15.2. The molecule has 132 valence electrons. The van der Waals surface area contributed by atoms with E-state index in [1.165, 1.54) is 5.56 Å². The molecule has 3 rings (SSSR count). The van der Waals surface area contributed by atoms with Crippen LogP contribution in [-0.2, 0) is 17.6 Å². The zero-order valence-electron chi connectivity index (χ0n) is 13.7. The van der Waals surface area contributed by atoms with Gasteiger partial charge in [-0.25, -0.2) is 0 Å². The van der Waals surface area contributed by atoms with Gasteiger partial charge < -0.3 is 16.2 Å². The van der Waals surface area contributed by atoms with Gasteiger partial charge in [-0.3, -0.25) is 4.79 Å². The van der Waals surface area contributed by atoms with Crippen molar-refractivity contribution in [2.45, 2.75) is 31.2 Å². The molecule has 1 amide bonds. The van der Waals surface area contributed by atoms with Crippen molar-refractivity contribution in [3.8, 4) is 5.75 Å². The molecular formula is C19H20Cl2N2O2. The summed E-state index contributed by atoms with van der Waals surface area (Å²) in [6, 6.07) is 11.6. The van der Waals surface area contributed by atoms with Crippen LogP contribution in [0.1, 0.15) is 29.0 Å². The average Bonchev–Trinajstić information content (AvgIpc) is 2.58. The number of ether oxygens (including phenoxy) is 1. The van der Waals surface area contributed by atoms with E-state index in [2.05, 4.69) is 0 Å². The van der Waals surface area contributed by atoms with Gasteiger partial charge in [0.25, 0.3) is 5.91 Å². The second-order valence-corrected chi connectivity index (χ2v) is 7.19. The highest BCUT2D eigenvalue weighted by atomic mass is 35.5. The van der Waals surface area contributed by atoms with Crippen LogP contribution < -0.4 is 16.2 Å². The first-order chi connectivity index (χ1) is 11.9. The van der Waals surface area contributed by atoms with Crippen molar-refractivity contribution in [3.63, 3.8) is 0 Å². The second kappa shape index (κ2) is 7.65. The average molecular weight is 379 g/mol. The van der Waals surface area contributed by atoms with E-state index in [9.17, 15) is 4.79 Å². The molecule has 1 aliphatic carbocycles. The van der Waals surface area contributed by atoms with Crippen LogP contribution >= 0.6 is 23.2 Å². The number of carbonyl (C=O) groups excluding carboxylic acids is 1. The van der Waals surface area contributed by atoms with Gasteiger partial charge in [-0.1, -0.05) is 35.3 Å². The fourth-order valence-electron chi connectivity index (χ4n) is 3.33. The minimum Gasteiger partial charge on any atom is -0.484 e. The molecule has 2 aromatic carbocycles. The number of carbonyl (C=O) groups is 1. The summed E-state index contributed by atoms with van der Waals surface area (Å²) >= 11 is 12.1. The number of hydrogen-bond acceptors (Lipinski definition) is 3. The molecule has 0 saturated heterocycles. The van der Waals surface area contributed by atoms with Gasteiger partial charge in [-0.2, -0.15) is 0 Å². The molecule has 0 fully saturated rings. The maximum Gasteiger partial charge on any atom is 0.255 e. The fourth-order valence-corrected chi connectivity index (χ4v) is 3.65. The van der Waals surface area contributed by atoms with Crippen molar-refractivity contribution in [1.82, 2.24) is 0 Å². The minimum atomic E-state index is -0.498. The van der Waals surface area contributed by atoms with Crippen LogP contribution in [0.4, 0.5) is 0 Å². The molecule has 25 heavy (non-hydrogen) atoms. The first kappa shape index (κ1) is 18.1. The van der Waals surface area contributed by atoms with Gasteiger partial charge in [-0.05, 0) is 60.2 Å². The predicted molar refractivity (Wildman–Crippen MR) is 100 cm³/mol. The van der Waals surface area contributed by atoms with Crippen molar-refractivity contribution in [2.75, 3.05) is 6.61 Å². The monoisotopic (exact) mass is 378 g/mol. The van der Waals surface area contributed by atoms with E-state index in [-0.39, 0.29) is 18.6 Å². The molecule has 6 heteroatoms. The third kappa shape index (κ3) is 4.27. The Morgan fingerprint density at radius 1 is 1.16 bits per heavy atom. The summed E-state index contributed by atoms with van der Waals surface area (Å²) in [6.07, 6.45) is 2.63. The molecule has 0 heterocycles. The Morgan fingerprint density at radius 2 is 1.96 bits per heavy atom. The number of rotatable bonds is 5. The highest BCUT2D eigenvalue weighted by Gasteiger charge is 2.28. The Morgan fingerprint density at radius 3 is 2.68 bits per heavy atom. The molecule has 0 aromatic heterocycles. The first-order valence-electron chi connectivity index (χ1n) is 8.17. The minimum absolute atomic E-state index is 0.0494. The molecule has 0 aliphatic heterocycles. The van der Waals surface area contributed by atoms with Crippen molar-refractivity contribution in [3.05, 3.63) is 63.1 Å². The Balaban J connectivity index is 1.88. The quantitative estimate of drug-likeness (QED) is 0.835. The Labute approximate surface area is 157 Å². The number of benzene rings is 2. The summed E-state index contributed by atoms with van der Waals surface area (Å²) in [6.45, 7) is -0.137. The standard InChI is InChI=1S/C19H20Cl2N2O2/c20-16-5-1-11(8-17(16)21)7-15-14-9-13(25-10-19(23)24)4-2-12(14)3-6-18(15)22/h1-2,4-5,8-9,15,18H,3,6-7,10,22H2,(H2,23,24). The number of aryl methyl sites for hydroxylation is 1.